The van der Waals surface area contributed by atoms with Crippen molar-refractivity contribution in [3.8, 4) is 0 Å². The van der Waals surface area contributed by atoms with E-state index in [1.807, 2.05) is 0 Å². The molecule has 2 fully saturated rings. The highest BCUT2D eigenvalue weighted by Gasteiger charge is 2.46. The van der Waals surface area contributed by atoms with Crippen molar-refractivity contribution in [1.29, 1.82) is 0 Å². The van der Waals surface area contributed by atoms with Gasteiger partial charge in [0.05, 0.1) is 29.4 Å². The first kappa shape index (κ1) is 18.1. The first-order valence-corrected chi connectivity index (χ1v) is 8.83. The van der Waals surface area contributed by atoms with Gasteiger partial charge in [0.15, 0.2) is 0 Å². The highest BCUT2D eigenvalue weighted by molar-refractivity contribution is 6.30. The van der Waals surface area contributed by atoms with Crippen LogP contribution in [0.5, 0.6) is 0 Å². The molecule has 1 unspecified atom stereocenters. The van der Waals surface area contributed by atoms with Crippen LogP contribution in [0.1, 0.15) is 31.2 Å². The first-order chi connectivity index (χ1) is 11.4. The van der Waals surface area contributed by atoms with E-state index >= 15 is 0 Å². The third-order valence-corrected chi connectivity index (χ3v) is 5.49. The van der Waals surface area contributed by atoms with E-state index in [0.29, 0.717) is 26.1 Å². The lowest BCUT2D eigenvalue weighted by Gasteiger charge is -2.49. The minimum atomic E-state index is -0.778. The van der Waals surface area contributed by atoms with Crippen LogP contribution in [0.4, 0.5) is 4.39 Å². The van der Waals surface area contributed by atoms with Gasteiger partial charge in [0.25, 0.3) is 0 Å². The summed E-state index contributed by atoms with van der Waals surface area (Å²) in [4.78, 5) is 2.32. The molecular formula is C18H25ClFNO3. The van der Waals surface area contributed by atoms with Gasteiger partial charge in [0.2, 0.25) is 0 Å². The number of nitrogens with zero attached hydrogens (tertiary/aromatic N) is 1. The molecule has 1 aromatic rings. The van der Waals surface area contributed by atoms with Crippen LogP contribution < -0.4 is 0 Å². The summed E-state index contributed by atoms with van der Waals surface area (Å²) in [6.07, 6.45) is 3.02. The lowest BCUT2D eigenvalue weighted by Crippen LogP contribution is -2.55. The van der Waals surface area contributed by atoms with Crippen LogP contribution >= 0.6 is 11.6 Å². The lowest BCUT2D eigenvalue weighted by molar-refractivity contribution is -0.191. The fraction of sp³-hybridized carbons (Fsp3) is 0.667. The van der Waals surface area contributed by atoms with E-state index in [2.05, 4.69) is 4.90 Å². The Bertz CT molecular complexity index is 573. The van der Waals surface area contributed by atoms with Crippen LogP contribution in [-0.4, -0.2) is 54.6 Å². The fourth-order valence-electron chi connectivity index (χ4n) is 3.92. The Hall–Kier alpha value is -0.720. The van der Waals surface area contributed by atoms with Crippen molar-refractivity contribution >= 4 is 11.6 Å². The number of ether oxygens (including phenoxy) is 2. The summed E-state index contributed by atoms with van der Waals surface area (Å²) in [6, 6.07) is 4.88. The van der Waals surface area contributed by atoms with Crippen molar-refractivity contribution < 1.29 is 19.0 Å². The molecule has 1 aromatic carbocycles. The van der Waals surface area contributed by atoms with Crippen molar-refractivity contribution in [2.75, 3.05) is 33.4 Å². The normalized spacial score (nSPS) is 27.5. The number of hydrogen-bond acceptors (Lipinski definition) is 4. The van der Waals surface area contributed by atoms with Crippen LogP contribution in [0.3, 0.4) is 0 Å². The predicted molar refractivity (Wildman–Crippen MR) is 90.7 cm³/mol. The van der Waals surface area contributed by atoms with Crippen LogP contribution in [0.15, 0.2) is 18.2 Å². The van der Waals surface area contributed by atoms with E-state index in [-0.39, 0.29) is 16.4 Å². The van der Waals surface area contributed by atoms with Crippen LogP contribution in [0, 0.1) is 5.82 Å². The second-order valence-corrected chi connectivity index (χ2v) is 7.55. The van der Waals surface area contributed by atoms with E-state index in [4.69, 9.17) is 21.1 Å². The Kier molecular flexibility index (Phi) is 5.47. The molecule has 24 heavy (non-hydrogen) atoms. The number of likely N-dealkylation sites (tertiary alicyclic amines) is 1. The number of halogens is 2. The van der Waals surface area contributed by atoms with Crippen LogP contribution in [-0.2, 0) is 16.0 Å². The average Bonchev–Trinajstić information content (AvgIpc) is 2.53. The molecule has 0 saturated carbocycles. The second kappa shape index (κ2) is 7.26. The summed E-state index contributed by atoms with van der Waals surface area (Å²) < 4.78 is 24.5. The molecule has 0 radical (unpaired) electrons. The van der Waals surface area contributed by atoms with Gasteiger partial charge in [-0.15, -0.1) is 0 Å². The van der Waals surface area contributed by atoms with E-state index in [1.165, 1.54) is 6.07 Å². The SMILES string of the molecule is COCC1(O)CCOC2(CCN(Cc3ccc(F)c(Cl)c3)CC2)C1. The van der Waals surface area contributed by atoms with Gasteiger partial charge in [-0.1, -0.05) is 17.7 Å². The molecule has 134 valence electrons. The zero-order valence-electron chi connectivity index (χ0n) is 14.1. The predicted octanol–water partition coefficient (Wildman–Crippen LogP) is 3.00. The molecule has 6 heteroatoms. The highest BCUT2D eigenvalue weighted by atomic mass is 35.5. The monoisotopic (exact) mass is 357 g/mol. The van der Waals surface area contributed by atoms with E-state index < -0.39 is 5.60 Å². The summed E-state index contributed by atoms with van der Waals surface area (Å²) in [6.45, 7) is 3.46. The molecule has 4 nitrogen and oxygen atoms in total. The van der Waals surface area contributed by atoms with Crippen molar-refractivity contribution in [1.82, 2.24) is 4.90 Å². The largest absolute Gasteiger partial charge is 0.387 e. The Morgan fingerprint density at radius 2 is 2.08 bits per heavy atom. The zero-order valence-corrected chi connectivity index (χ0v) is 14.8. The topological polar surface area (TPSA) is 41.9 Å². The van der Waals surface area contributed by atoms with E-state index in [0.717, 1.165) is 38.0 Å². The Morgan fingerprint density at radius 1 is 1.33 bits per heavy atom. The molecule has 2 aliphatic heterocycles. The summed E-state index contributed by atoms with van der Waals surface area (Å²) in [5, 5.41) is 10.8. The van der Waals surface area contributed by atoms with Crippen molar-refractivity contribution in [3.63, 3.8) is 0 Å². The molecule has 0 bridgehead atoms. The maximum atomic E-state index is 13.3. The molecule has 1 spiro atoms. The molecule has 1 N–H and O–H groups in total. The third kappa shape index (κ3) is 4.09. The number of aliphatic hydroxyl groups is 1. The number of methoxy groups -OCH3 is 1. The Balaban J connectivity index is 1.58. The molecular weight excluding hydrogens is 333 g/mol. The quantitative estimate of drug-likeness (QED) is 0.899. The third-order valence-electron chi connectivity index (χ3n) is 5.20. The van der Waals surface area contributed by atoms with Gasteiger partial charge in [0.1, 0.15) is 5.82 Å². The minimum Gasteiger partial charge on any atom is -0.387 e. The van der Waals surface area contributed by atoms with Gasteiger partial charge in [-0.3, -0.25) is 4.90 Å². The molecule has 0 aliphatic carbocycles. The Morgan fingerprint density at radius 3 is 2.75 bits per heavy atom. The smallest absolute Gasteiger partial charge is 0.141 e. The summed E-state index contributed by atoms with van der Waals surface area (Å²) >= 11 is 5.86. The number of rotatable bonds is 4. The highest BCUT2D eigenvalue weighted by Crippen LogP contribution is 2.40. The molecule has 2 aliphatic rings. The maximum Gasteiger partial charge on any atom is 0.141 e. The zero-order chi connectivity index (χ0) is 17.2. The number of benzene rings is 1. The van der Waals surface area contributed by atoms with Gasteiger partial charge in [-0.25, -0.2) is 4.39 Å². The van der Waals surface area contributed by atoms with Gasteiger partial charge in [-0.05, 0) is 30.5 Å². The summed E-state index contributed by atoms with van der Waals surface area (Å²) in [5.74, 6) is -0.383. The van der Waals surface area contributed by atoms with Crippen molar-refractivity contribution in [2.45, 2.75) is 43.4 Å². The van der Waals surface area contributed by atoms with Gasteiger partial charge in [-0.2, -0.15) is 0 Å². The lowest BCUT2D eigenvalue weighted by atomic mass is 9.77. The maximum absolute atomic E-state index is 13.3. The first-order valence-electron chi connectivity index (χ1n) is 8.45. The van der Waals surface area contributed by atoms with Crippen molar-refractivity contribution in [2.24, 2.45) is 0 Å². The molecule has 2 saturated heterocycles. The van der Waals surface area contributed by atoms with Gasteiger partial charge in [0, 0.05) is 39.6 Å². The minimum absolute atomic E-state index is 0.168. The van der Waals surface area contributed by atoms with E-state index in [9.17, 15) is 9.50 Å². The number of piperidine rings is 1. The van der Waals surface area contributed by atoms with E-state index in [1.54, 1.807) is 19.2 Å². The average molecular weight is 358 g/mol. The summed E-state index contributed by atoms with van der Waals surface area (Å²) in [5.41, 5.74) is -0.0138. The van der Waals surface area contributed by atoms with Crippen LogP contribution in [0.25, 0.3) is 0 Å². The molecule has 3 rings (SSSR count). The Labute approximate surface area is 147 Å². The standard InChI is InChI=1S/C18H25ClFNO3/c1-23-13-17(22)6-9-24-18(12-17)4-7-21(8-5-18)11-14-2-3-16(20)15(19)10-14/h2-3,10,22H,4-9,11-13H2,1H3. The van der Waals surface area contributed by atoms with Crippen molar-refractivity contribution in [3.05, 3.63) is 34.6 Å². The fourth-order valence-corrected chi connectivity index (χ4v) is 4.13. The van der Waals surface area contributed by atoms with Crippen LogP contribution in [0.2, 0.25) is 5.02 Å². The summed E-state index contributed by atoms with van der Waals surface area (Å²) in [7, 11) is 1.62. The molecule has 0 amide bonds. The second-order valence-electron chi connectivity index (χ2n) is 7.14. The van der Waals surface area contributed by atoms with Gasteiger partial charge >= 0.3 is 0 Å². The van der Waals surface area contributed by atoms with Gasteiger partial charge < -0.3 is 14.6 Å². The molecule has 1 atom stereocenters. The number of hydrogen-bond donors (Lipinski definition) is 1. The molecule has 0 aromatic heterocycles. The molecule has 2 heterocycles.